The van der Waals surface area contributed by atoms with Crippen molar-refractivity contribution in [3.8, 4) is 0 Å². The molecule has 0 nitrogen and oxygen atoms in total. The van der Waals surface area contributed by atoms with E-state index in [-0.39, 0.29) is 0 Å². The zero-order valence-electron chi connectivity index (χ0n) is 6.70. The fraction of sp³-hybridized carbons (Fsp3) is 1.00. The van der Waals surface area contributed by atoms with E-state index in [0.29, 0.717) is 0 Å². The quantitative estimate of drug-likeness (QED) is 0.491. The largest absolute Gasteiger partial charge is 0.0691 e. The third-order valence-corrected chi connectivity index (χ3v) is 7.51. The lowest BCUT2D eigenvalue weighted by atomic mass is 10.00. The van der Waals surface area contributed by atoms with E-state index in [1.807, 2.05) is 0 Å². The van der Waals surface area contributed by atoms with Gasteiger partial charge in [-0.25, -0.2) is 0 Å². The van der Waals surface area contributed by atoms with E-state index in [0.717, 1.165) is 5.04 Å². The van der Waals surface area contributed by atoms with Gasteiger partial charge in [0.2, 0.25) is 0 Å². The van der Waals surface area contributed by atoms with Crippen LogP contribution in [0.25, 0.3) is 0 Å². The van der Waals surface area contributed by atoms with E-state index in [4.69, 9.17) is 0 Å². The summed E-state index contributed by atoms with van der Waals surface area (Å²) >= 11 is 0. The second kappa shape index (κ2) is 1.29. The Bertz CT molecular complexity index is 141. The lowest BCUT2D eigenvalue weighted by Gasteiger charge is -2.36. The molecule has 0 radical (unpaired) electrons. The first-order valence-electron chi connectivity index (χ1n) is 4.06. The second-order valence-electron chi connectivity index (χ2n) is 4.85. The maximum absolute atomic E-state index is 2.53. The Kier molecular flexibility index (Phi) is 0.854. The summed E-state index contributed by atoms with van der Waals surface area (Å²) in [6, 6.07) is 0. The molecule has 2 fully saturated rings. The summed E-state index contributed by atoms with van der Waals surface area (Å²) in [7, 11) is -0.724. The highest BCUT2D eigenvalue weighted by Crippen LogP contribution is 2.78. The van der Waals surface area contributed by atoms with Gasteiger partial charge in [0.15, 0.2) is 0 Å². The van der Waals surface area contributed by atoms with Crippen LogP contribution in [0.2, 0.25) is 24.7 Å². The number of hydrogen-bond acceptors (Lipinski definition) is 0. The molecule has 52 valence electrons. The number of rotatable bonds is 1. The van der Waals surface area contributed by atoms with Gasteiger partial charge in [0, 0.05) is 0 Å². The lowest BCUT2D eigenvalue weighted by molar-refractivity contribution is 0.470. The Balaban J connectivity index is 2.15. The molecule has 2 atom stereocenters. The summed E-state index contributed by atoms with van der Waals surface area (Å²) < 4.78 is 0. The highest BCUT2D eigenvalue weighted by molar-refractivity contribution is 6.80. The van der Waals surface area contributed by atoms with Crippen LogP contribution in [0.1, 0.15) is 19.3 Å². The van der Waals surface area contributed by atoms with Gasteiger partial charge in [-0.1, -0.05) is 19.6 Å². The van der Waals surface area contributed by atoms with Crippen molar-refractivity contribution < 1.29 is 0 Å². The first-order valence-corrected chi connectivity index (χ1v) is 7.56. The van der Waals surface area contributed by atoms with Gasteiger partial charge in [-0.2, -0.15) is 0 Å². The van der Waals surface area contributed by atoms with Gasteiger partial charge in [0.25, 0.3) is 0 Å². The Morgan fingerprint density at radius 1 is 1.33 bits per heavy atom. The Labute approximate surface area is 58.7 Å². The lowest BCUT2D eigenvalue weighted by Crippen LogP contribution is -2.35. The van der Waals surface area contributed by atoms with Crippen molar-refractivity contribution in [2.75, 3.05) is 0 Å². The van der Waals surface area contributed by atoms with Crippen LogP contribution < -0.4 is 0 Å². The molecule has 0 bridgehead atoms. The monoisotopic (exact) mass is 140 g/mol. The van der Waals surface area contributed by atoms with Crippen molar-refractivity contribution in [3.63, 3.8) is 0 Å². The molecule has 1 heteroatoms. The SMILES string of the molecule is C[Si](C)(C)C12CCC1C2. The van der Waals surface area contributed by atoms with Crippen LogP contribution in [-0.2, 0) is 0 Å². The molecule has 0 aromatic heterocycles. The molecule has 0 heterocycles. The fourth-order valence-electron chi connectivity index (χ4n) is 2.58. The fourth-order valence-corrected chi connectivity index (χ4v) is 5.70. The highest BCUT2D eigenvalue weighted by atomic mass is 28.3. The summed E-state index contributed by atoms with van der Waals surface area (Å²) in [6.45, 7) is 7.60. The van der Waals surface area contributed by atoms with E-state index in [9.17, 15) is 0 Å². The predicted molar refractivity (Wildman–Crippen MR) is 43.4 cm³/mol. The summed E-state index contributed by atoms with van der Waals surface area (Å²) in [4.78, 5) is 0. The average Bonchev–Trinajstić information content (AvgIpc) is 2.06. The molecule has 9 heavy (non-hydrogen) atoms. The number of hydrogen-bond donors (Lipinski definition) is 0. The maximum Gasteiger partial charge on any atom is 0.0509 e. The number of fused-ring (bicyclic) bond motifs is 1. The van der Waals surface area contributed by atoms with Crippen molar-refractivity contribution in [1.82, 2.24) is 0 Å². The van der Waals surface area contributed by atoms with Crippen molar-refractivity contribution in [2.24, 2.45) is 5.92 Å². The van der Waals surface area contributed by atoms with Gasteiger partial charge >= 0.3 is 0 Å². The van der Waals surface area contributed by atoms with Crippen LogP contribution in [-0.4, -0.2) is 8.07 Å². The Morgan fingerprint density at radius 3 is 2.00 bits per heavy atom. The highest BCUT2D eigenvalue weighted by Gasteiger charge is 2.66. The molecule has 0 aromatic rings. The molecular weight excluding hydrogens is 124 g/mol. The van der Waals surface area contributed by atoms with Gasteiger partial charge in [-0.3, -0.25) is 0 Å². The van der Waals surface area contributed by atoms with Crippen molar-refractivity contribution in [2.45, 2.75) is 43.9 Å². The first kappa shape index (κ1) is 5.96. The molecule has 0 aromatic carbocycles. The van der Waals surface area contributed by atoms with Crippen LogP contribution in [0.5, 0.6) is 0 Å². The molecule has 0 aliphatic heterocycles. The maximum atomic E-state index is 2.53. The Morgan fingerprint density at radius 2 is 2.00 bits per heavy atom. The second-order valence-corrected chi connectivity index (χ2v) is 10.3. The van der Waals surface area contributed by atoms with Crippen LogP contribution in [0.3, 0.4) is 0 Å². The van der Waals surface area contributed by atoms with Crippen LogP contribution in [0, 0.1) is 5.92 Å². The minimum absolute atomic E-state index is 0.724. The minimum atomic E-state index is -0.724. The molecule has 2 saturated carbocycles. The topological polar surface area (TPSA) is 0 Å². The molecule has 2 rings (SSSR count). The van der Waals surface area contributed by atoms with Gasteiger partial charge in [-0.15, -0.1) is 0 Å². The Hall–Kier alpha value is 0.217. The van der Waals surface area contributed by atoms with Crippen molar-refractivity contribution >= 4 is 8.07 Å². The van der Waals surface area contributed by atoms with Gasteiger partial charge in [0.1, 0.15) is 0 Å². The van der Waals surface area contributed by atoms with E-state index in [1.54, 1.807) is 19.3 Å². The van der Waals surface area contributed by atoms with Crippen LogP contribution in [0.4, 0.5) is 0 Å². The van der Waals surface area contributed by atoms with Crippen molar-refractivity contribution in [1.29, 1.82) is 0 Å². The van der Waals surface area contributed by atoms with E-state index in [2.05, 4.69) is 19.6 Å². The van der Waals surface area contributed by atoms with Crippen molar-refractivity contribution in [3.05, 3.63) is 0 Å². The van der Waals surface area contributed by atoms with Gasteiger partial charge in [-0.05, 0) is 30.2 Å². The standard InChI is InChI=1S/C8H16Si/c1-9(2,3)8-5-4-7(8)6-8/h7H,4-6H2,1-3H3. The zero-order chi connectivity index (χ0) is 6.70. The molecule has 0 saturated heterocycles. The summed E-state index contributed by atoms with van der Waals surface area (Å²) in [6.07, 6.45) is 4.74. The third kappa shape index (κ3) is 0.542. The first-order chi connectivity index (χ1) is 4.06. The third-order valence-electron chi connectivity index (χ3n) is 3.66. The normalized spacial score (nSPS) is 47.7. The van der Waals surface area contributed by atoms with E-state index < -0.39 is 8.07 Å². The van der Waals surface area contributed by atoms with E-state index in [1.165, 1.54) is 5.92 Å². The summed E-state index contributed by atoms with van der Waals surface area (Å²) in [5.74, 6) is 1.20. The van der Waals surface area contributed by atoms with Crippen LogP contribution in [0.15, 0.2) is 0 Å². The molecular formula is C8H16Si. The molecule has 2 aliphatic rings. The van der Waals surface area contributed by atoms with Gasteiger partial charge < -0.3 is 0 Å². The average molecular weight is 140 g/mol. The summed E-state index contributed by atoms with van der Waals surface area (Å²) in [5, 5.41) is 0.965. The molecule has 0 spiro atoms. The molecule has 0 N–H and O–H groups in total. The molecule has 2 unspecified atom stereocenters. The molecule has 0 amide bonds. The van der Waals surface area contributed by atoms with E-state index >= 15 is 0 Å². The zero-order valence-corrected chi connectivity index (χ0v) is 7.70. The van der Waals surface area contributed by atoms with Crippen LogP contribution >= 0.6 is 0 Å². The summed E-state index contributed by atoms with van der Waals surface area (Å²) in [5.41, 5.74) is 0. The molecule has 2 aliphatic carbocycles. The predicted octanol–water partition coefficient (Wildman–Crippen LogP) is 2.88. The smallest absolute Gasteiger partial charge is 0.0509 e. The van der Waals surface area contributed by atoms with Gasteiger partial charge in [0.05, 0.1) is 8.07 Å². The minimum Gasteiger partial charge on any atom is -0.0691 e.